The fourth-order valence-corrected chi connectivity index (χ4v) is 4.24. The van der Waals surface area contributed by atoms with Crippen molar-refractivity contribution in [3.63, 3.8) is 0 Å². The Kier molecular flexibility index (Phi) is 4.18. The molecular formula is C11H5AsCl2FN3. The van der Waals surface area contributed by atoms with Crippen molar-refractivity contribution in [2.24, 2.45) is 0 Å². The van der Waals surface area contributed by atoms with E-state index >= 15 is 0 Å². The van der Waals surface area contributed by atoms with Gasteiger partial charge in [0.25, 0.3) is 0 Å². The van der Waals surface area contributed by atoms with Crippen LogP contribution in [0, 0.1) is 17.1 Å². The second-order valence-corrected chi connectivity index (χ2v) is 6.75. The summed E-state index contributed by atoms with van der Waals surface area (Å²) in [6.07, 6.45) is 1.31. The van der Waals surface area contributed by atoms with E-state index in [0.717, 1.165) is 4.35 Å². The maximum atomic E-state index is 13.0. The number of aromatic nitrogens is 2. The van der Waals surface area contributed by atoms with E-state index in [4.69, 9.17) is 28.5 Å². The van der Waals surface area contributed by atoms with E-state index in [1.807, 2.05) is 6.07 Å². The van der Waals surface area contributed by atoms with E-state index in [0.29, 0.717) is 4.48 Å². The number of hydrogen-bond acceptors (Lipinski definition) is 3. The van der Waals surface area contributed by atoms with E-state index < -0.39 is 21.6 Å². The first kappa shape index (κ1) is 13.3. The summed E-state index contributed by atoms with van der Waals surface area (Å²) in [6, 6.07) is 6.47. The molecule has 0 fully saturated rings. The molecule has 1 heterocycles. The summed E-state index contributed by atoms with van der Waals surface area (Å²) in [5, 5.41) is 9.20. The van der Waals surface area contributed by atoms with Crippen LogP contribution in [0.2, 0.25) is 10.2 Å². The Hall–Kier alpha value is -1.14. The van der Waals surface area contributed by atoms with Gasteiger partial charge in [-0.25, -0.2) is 0 Å². The number of rotatable bonds is 2. The van der Waals surface area contributed by atoms with Gasteiger partial charge in [-0.15, -0.1) is 0 Å². The Morgan fingerprint density at radius 3 is 2.72 bits per heavy atom. The van der Waals surface area contributed by atoms with Crippen LogP contribution in [0.25, 0.3) is 0 Å². The molecule has 0 bridgehead atoms. The van der Waals surface area contributed by atoms with Gasteiger partial charge in [0.1, 0.15) is 0 Å². The average molecular weight is 344 g/mol. The molecule has 0 amide bonds. The van der Waals surface area contributed by atoms with Crippen molar-refractivity contribution < 1.29 is 4.39 Å². The third-order valence-electron chi connectivity index (χ3n) is 2.10. The molecule has 1 atom stereocenters. The predicted molar refractivity (Wildman–Crippen MR) is 69.6 cm³/mol. The first-order valence-corrected chi connectivity index (χ1v) is 7.60. The van der Waals surface area contributed by atoms with Gasteiger partial charge in [-0.2, -0.15) is 0 Å². The van der Waals surface area contributed by atoms with Crippen LogP contribution < -0.4 is 8.83 Å². The summed E-state index contributed by atoms with van der Waals surface area (Å²) >= 11 is 10.6. The topological polar surface area (TPSA) is 49.6 Å². The fourth-order valence-electron chi connectivity index (χ4n) is 1.27. The van der Waals surface area contributed by atoms with Crippen LogP contribution >= 0.6 is 23.2 Å². The molecule has 1 aromatic heterocycles. The van der Waals surface area contributed by atoms with Crippen molar-refractivity contribution in [2.75, 3.05) is 0 Å². The summed E-state index contributed by atoms with van der Waals surface area (Å²) in [5.74, 6) is -0.465. The minimum atomic E-state index is -0.904. The molecule has 2 rings (SSSR count). The second kappa shape index (κ2) is 5.67. The molecule has 0 N–H and O–H groups in total. The maximum absolute atomic E-state index is 13.0. The van der Waals surface area contributed by atoms with Gasteiger partial charge >= 0.3 is 120 Å². The Balaban J connectivity index is 2.37. The zero-order chi connectivity index (χ0) is 13.1. The van der Waals surface area contributed by atoms with Crippen molar-refractivity contribution in [1.82, 2.24) is 9.97 Å². The molecule has 0 spiro atoms. The van der Waals surface area contributed by atoms with Gasteiger partial charge in [0.2, 0.25) is 0 Å². The molecule has 3 nitrogen and oxygen atoms in total. The summed E-state index contributed by atoms with van der Waals surface area (Å²) in [7, 11) is 0. The number of nitrogens with zero attached hydrogens (tertiary/aromatic N) is 3. The van der Waals surface area contributed by atoms with Gasteiger partial charge < -0.3 is 0 Å². The molecule has 90 valence electrons. The third-order valence-corrected chi connectivity index (χ3v) is 5.22. The van der Waals surface area contributed by atoms with Crippen molar-refractivity contribution in [2.45, 2.75) is 0 Å². The molecule has 1 aromatic carbocycles. The first-order chi connectivity index (χ1) is 8.61. The van der Waals surface area contributed by atoms with Gasteiger partial charge in [-0.1, -0.05) is 0 Å². The SMILES string of the molecule is N#Cc1c(Cl)ncnc1[AsH]c1ccc(F)c(Cl)c1. The number of nitriles is 1. The van der Waals surface area contributed by atoms with Crippen LogP contribution in [0.4, 0.5) is 4.39 Å². The Morgan fingerprint density at radius 2 is 2.06 bits per heavy atom. The van der Waals surface area contributed by atoms with Crippen molar-refractivity contribution in [1.29, 1.82) is 5.26 Å². The zero-order valence-electron chi connectivity index (χ0n) is 8.78. The average Bonchev–Trinajstić information content (AvgIpc) is 2.34. The molecule has 0 radical (unpaired) electrons. The van der Waals surface area contributed by atoms with Crippen LogP contribution in [0.1, 0.15) is 5.56 Å². The Bertz CT molecular complexity index is 643. The molecule has 2 aromatic rings. The van der Waals surface area contributed by atoms with E-state index in [2.05, 4.69) is 9.97 Å². The predicted octanol–water partition coefficient (Wildman–Crippen LogP) is 1.18. The van der Waals surface area contributed by atoms with Crippen LogP contribution in [0.3, 0.4) is 0 Å². The summed E-state index contributed by atoms with van der Waals surface area (Å²) in [5.41, 5.74) is 0.277. The quantitative estimate of drug-likeness (QED) is 0.607. The van der Waals surface area contributed by atoms with Crippen LogP contribution in [0.5, 0.6) is 0 Å². The molecule has 0 aliphatic heterocycles. The van der Waals surface area contributed by atoms with Gasteiger partial charge in [-0.05, 0) is 0 Å². The number of benzene rings is 1. The number of halogens is 3. The van der Waals surface area contributed by atoms with Gasteiger partial charge in [0.05, 0.1) is 0 Å². The van der Waals surface area contributed by atoms with Crippen molar-refractivity contribution >= 4 is 47.8 Å². The van der Waals surface area contributed by atoms with Gasteiger partial charge in [0, 0.05) is 0 Å². The summed E-state index contributed by atoms with van der Waals surface area (Å²) in [6.45, 7) is 0. The molecule has 0 aliphatic rings. The van der Waals surface area contributed by atoms with Gasteiger partial charge in [-0.3, -0.25) is 0 Å². The van der Waals surface area contributed by atoms with Crippen LogP contribution in [-0.4, -0.2) is 25.7 Å². The van der Waals surface area contributed by atoms with E-state index in [1.54, 1.807) is 12.1 Å². The molecule has 7 heteroatoms. The second-order valence-electron chi connectivity index (χ2n) is 3.25. The Labute approximate surface area is 119 Å². The van der Waals surface area contributed by atoms with Gasteiger partial charge in [0.15, 0.2) is 0 Å². The first-order valence-electron chi connectivity index (χ1n) is 4.74. The Morgan fingerprint density at radius 1 is 1.28 bits per heavy atom. The van der Waals surface area contributed by atoms with E-state index in [1.165, 1.54) is 12.4 Å². The van der Waals surface area contributed by atoms with E-state index in [9.17, 15) is 4.39 Å². The van der Waals surface area contributed by atoms with Crippen molar-refractivity contribution in [3.05, 3.63) is 46.1 Å². The van der Waals surface area contributed by atoms with Crippen molar-refractivity contribution in [3.8, 4) is 6.07 Å². The molecule has 1 unspecified atom stereocenters. The number of hydrogen-bond donors (Lipinski definition) is 0. The van der Waals surface area contributed by atoms with E-state index in [-0.39, 0.29) is 15.7 Å². The molecular weight excluding hydrogens is 339 g/mol. The zero-order valence-corrected chi connectivity index (χ0v) is 12.4. The molecule has 18 heavy (non-hydrogen) atoms. The molecule has 0 saturated carbocycles. The minimum absolute atomic E-state index is 0.0647. The summed E-state index contributed by atoms with van der Waals surface area (Å²) < 4.78 is 14.5. The third kappa shape index (κ3) is 2.81. The molecule has 0 saturated heterocycles. The molecule has 0 aliphatic carbocycles. The standard InChI is InChI=1S/C11H5AsCl2FN3/c13-8-3-6(1-2-9(8)15)12-10-7(4-16)11(14)18-5-17-10/h1-3,5,12H. The summed E-state index contributed by atoms with van der Waals surface area (Å²) in [4.78, 5) is 7.81. The fraction of sp³-hybridized carbons (Fsp3) is 0. The normalized spacial score (nSPS) is 10.8. The van der Waals surface area contributed by atoms with Crippen LogP contribution in [-0.2, 0) is 0 Å². The van der Waals surface area contributed by atoms with Crippen LogP contribution in [0.15, 0.2) is 24.5 Å². The monoisotopic (exact) mass is 343 g/mol.